The summed E-state index contributed by atoms with van der Waals surface area (Å²) in [5.74, 6) is 0. The van der Waals surface area contributed by atoms with Crippen LogP contribution in [0.3, 0.4) is 0 Å². The van der Waals surface area contributed by atoms with Crippen LogP contribution >= 0.6 is 0 Å². The zero-order chi connectivity index (χ0) is 20.9. The zero-order valence-corrected chi connectivity index (χ0v) is 14.6. The average molecular weight is 424 g/mol. The predicted octanol–water partition coefficient (Wildman–Crippen LogP) is 0.984. The van der Waals surface area contributed by atoms with E-state index in [0.29, 0.717) is 6.26 Å². The van der Waals surface area contributed by atoms with Crippen molar-refractivity contribution in [2.45, 2.75) is 5.51 Å². The van der Waals surface area contributed by atoms with Gasteiger partial charge in [-0.05, 0) is 0 Å². The van der Waals surface area contributed by atoms with Crippen LogP contribution in [-0.4, -0.2) is 40.0 Å². The maximum Gasteiger partial charge on any atom is 0.536 e. The molecule has 1 aromatic rings. The van der Waals surface area contributed by atoms with E-state index in [0.717, 1.165) is 24.3 Å². The van der Waals surface area contributed by atoms with Gasteiger partial charge in [0.2, 0.25) is 0 Å². The van der Waals surface area contributed by atoms with Crippen molar-refractivity contribution < 1.29 is 38.6 Å². The molecule has 1 rings (SSSR count). The van der Waals surface area contributed by atoms with Gasteiger partial charge in [0.05, 0.1) is 6.26 Å². The molecular weight excluding hydrogens is 417 g/mol. The second-order valence-electron chi connectivity index (χ2n) is 4.43. The van der Waals surface area contributed by atoms with E-state index < -0.39 is 37.2 Å². The van der Waals surface area contributed by atoms with E-state index >= 15 is 0 Å². The molecule has 0 amide bonds. The summed E-state index contributed by atoms with van der Waals surface area (Å²) in [5.41, 5.74) is -7.11. The molecule has 0 fully saturated rings. The lowest BCUT2D eigenvalue weighted by atomic mass is 10.1. The first-order valence-corrected chi connectivity index (χ1v) is 9.49. The van der Waals surface area contributed by atoms with Crippen LogP contribution < -0.4 is 0 Å². The number of nitrogens with zero attached hydrogens (tertiary/aromatic N) is 4. The highest BCUT2D eigenvalue weighted by molar-refractivity contribution is 7.87. The van der Waals surface area contributed by atoms with Gasteiger partial charge in [-0.1, -0.05) is 34.6 Å². The molecule has 0 spiro atoms. The standard InChI is InChI=1S/C12H7F3N4O6S2/c1-26(20,21)24-18-10(6-16)8-2-4-9(5-3-8)11(7-17)19-25-27(22,23)12(13,14)15/h2-5H,1H3. The zero-order valence-electron chi connectivity index (χ0n) is 13.0. The van der Waals surface area contributed by atoms with E-state index in [1.807, 2.05) is 0 Å². The van der Waals surface area contributed by atoms with E-state index in [1.54, 1.807) is 6.07 Å². The first-order chi connectivity index (χ1) is 12.3. The van der Waals surface area contributed by atoms with Crippen molar-refractivity contribution in [2.24, 2.45) is 10.3 Å². The Morgan fingerprint density at radius 3 is 1.59 bits per heavy atom. The molecule has 0 unspecified atom stereocenters. The predicted molar refractivity (Wildman–Crippen MR) is 82.7 cm³/mol. The van der Waals surface area contributed by atoms with Crippen molar-refractivity contribution in [3.8, 4) is 12.1 Å². The Morgan fingerprint density at radius 2 is 1.30 bits per heavy atom. The summed E-state index contributed by atoms with van der Waals surface area (Å²) >= 11 is 0. The fourth-order valence-corrected chi connectivity index (χ4v) is 1.76. The van der Waals surface area contributed by atoms with Gasteiger partial charge in [0.1, 0.15) is 12.1 Å². The van der Waals surface area contributed by atoms with Crippen molar-refractivity contribution in [2.75, 3.05) is 6.26 Å². The van der Waals surface area contributed by atoms with E-state index in [2.05, 4.69) is 18.9 Å². The Balaban J connectivity index is 3.14. The van der Waals surface area contributed by atoms with Crippen molar-refractivity contribution in [1.82, 2.24) is 0 Å². The van der Waals surface area contributed by atoms with Crippen LogP contribution in [0.25, 0.3) is 0 Å². The Bertz CT molecular complexity index is 1060. The third kappa shape index (κ3) is 6.24. The summed E-state index contributed by atoms with van der Waals surface area (Å²) in [6.07, 6.45) is 0.694. The van der Waals surface area contributed by atoms with Crippen molar-refractivity contribution >= 4 is 31.7 Å². The summed E-state index contributed by atoms with van der Waals surface area (Å²) in [4.78, 5) is 0. The number of alkyl halides is 3. The Kier molecular flexibility index (Phi) is 6.50. The summed E-state index contributed by atoms with van der Waals surface area (Å²) in [7, 11) is -9.99. The summed E-state index contributed by atoms with van der Waals surface area (Å²) in [5, 5.41) is 23.6. The van der Waals surface area contributed by atoms with Crippen LogP contribution in [0, 0.1) is 22.7 Å². The molecule has 0 aliphatic carbocycles. The monoisotopic (exact) mass is 424 g/mol. The molecule has 0 N–H and O–H groups in total. The molecule has 27 heavy (non-hydrogen) atoms. The van der Waals surface area contributed by atoms with Crippen molar-refractivity contribution in [3.63, 3.8) is 0 Å². The summed E-state index contributed by atoms with van der Waals surface area (Å²) in [6, 6.07) is 7.32. The number of oxime groups is 2. The molecule has 0 radical (unpaired) electrons. The SMILES string of the molecule is CS(=O)(=O)ON=C(C#N)c1ccc(C(C#N)=NOS(=O)(=O)C(F)(F)F)cc1. The molecule has 0 atom stereocenters. The highest BCUT2D eigenvalue weighted by Crippen LogP contribution is 2.24. The van der Waals surface area contributed by atoms with Gasteiger partial charge in [-0.3, -0.25) is 8.57 Å². The average Bonchev–Trinajstić information content (AvgIpc) is 2.55. The second kappa shape index (κ2) is 8.02. The summed E-state index contributed by atoms with van der Waals surface area (Å²) < 4.78 is 87.3. The third-order valence-electron chi connectivity index (χ3n) is 2.42. The second-order valence-corrected chi connectivity index (χ2v) is 7.51. The Morgan fingerprint density at radius 1 is 0.926 bits per heavy atom. The molecule has 1 aromatic carbocycles. The lowest BCUT2D eigenvalue weighted by molar-refractivity contribution is -0.0540. The van der Waals surface area contributed by atoms with Crippen LogP contribution in [0.5, 0.6) is 0 Å². The molecular formula is C12H7F3N4O6S2. The lowest BCUT2D eigenvalue weighted by Crippen LogP contribution is -2.24. The number of rotatable bonds is 6. The largest absolute Gasteiger partial charge is 0.536 e. The van der Waals surface area contributed by atoms with Gasteiger partial charge in [-0.25, -0.2) is 0 Å². The summed E-state index contributed by atoms with van der Waals surface area (Å²) in [6.45, 7) is 0. The highest BCUT2D eigenvalue weighted by Gasteiger charge is 2.49. The quantitative estimate of drug-likeness (QED) is 0.371. The van der Waals surface area contributed by atoms with Crippen LogP contribution in [0.4, 0.5) is 13.2 Å². The van der Waals surface area contributed by atoms with Gasteiger partial charge in [0, 0.05) is 11.1 Å². The smallest absolute Gasteiger partial charge is 0.267 e. The van der Waals surface area contributed by atoms with E-state index in [1.165, 1.54) is 6.07 Å². The minimum Gasteiger partial charge on any atom is -0.267 e. The first kappa shape index (κ1) is 21.9. The topological polar surface area (TPSA) is 159 Å². The third-order valence-corrected chi connectivity index (χ3v) is 3.60. The minimum absolute atomic E-state index is 0.0334. The minimum atomic E-state index is -6.03. The molecule has 10 nitrogen and oxygen atoms in total. The van der Waals surface area contributed by atoms with Gasteiger partial charge < -0.3 is 0 Å². The van der Waals surface area contributed by atoms with E-state index in [4.69, 9.17) is 10.5 Å². The molecule has 0 heterocycles. The molecule has 0 saturated heterocycles. The van der Waals surface area contributed by atoms with Crippen LogP contribution in [-0.2, 0) is 28.8 Å². The number of halogens is 3. The van der Waals surface area contributed by atoms with Crippen molar-refractivity contribution in [3.05, 3.63) is 35.4 Å². The molecule has 15 heteroatoms. The van der Waals surface area contributed by atoms with E-state index in [-0.39, 0.29) is 11.1 Å². The first-order valence-electron chi connectivity index (χ1n) is 6.26. The number of hydrogen-bond donors (Lipinski definition) is 0. The molecule has 0 aliphatic rings. The molecule has 0 aliphatic heterocycles. The maximum absolute atomic E-state index is 12.2. The molecule has 0 saturated carbocycles. The van der Waals surface area contributed by atoms with Gasteiger partial charge in [0.15, 0.2) is 11.4 Å². The van der Waals surface area contributed by atoms with Crippen LogP contribution in [0.2, 0.25) is 0 Å². The molecule has 0 aromatic heterocycles. The van der Waals surface area contributed by atoms with E-state index in [9.17, 15) is 30.0 Å². The number of nitriles is 2. The highest BCUT2D eigenvalue weighted by atomic mass is 32.2. The fraction of sp³-hybridized carbons (Fsp3) is 0.167. The van der Waals surface area contributed by atoms with Gasteiger partial charge in [-0.15, -0.1) is 0 Å². The molecule has 144 valence electrons. The van der Waals surface area contributed by atoms with Crippen molar-refractivity contribution in [1.29, 1.82) is 10.5 Å². The molecule has 0 bridgehead atoms. The van der Waals surface area contributed by atoms with Crippen LogP contribution in [0.15, 0.2) is 34.6 Å². The maximum atomic E-state index is 12.2. The number of benzene rings is 1. The van der Waals surface area contributed by atoms with Gasteiger partial charge in [-0.2, -0.15) is 40.5 Å². The lowest BCUT2D eigenvalue weighted by Gasteiger charge is -2.05. The van der Waals surface area contributed by atoms with Gasteiger partial charge in [0.25, 0.3) is 0 Å². The fourth-order valence-electron chi connectivity index (χ4n) is 1.29. The number of hydrogen-bond acceptors (Lipinski definition) is 10. The van der Waals surface area contributed by atoms with Gasteiger partial charge >= 0.3 is 25.7 Å². The Labute approximate surface area is 150 Å². The van der Waals surface area contributed by atoms with Crippen LogP contribution in [0.1, 0.15) is 11.1 Å². The normalized spacial score (nSPS) is 13.4. The Hall–Kier alpha value is -3.17.